The van der Waals surface area contributed by atoms with E-state index in [1.165, 1.54) is 13.0 Å². The molecule has 0 aliphatic carbocycles. The lowest BCUT2D eigenvalue weighted by Gasteiger charge is -2.05. The minimum absolute atomic E-state index is 0.00219. The summed E-state index contributed by atoms with van der Waals surface area (Å²) in [6, 6.07) is 7.08. The first kappa shape index (κ1) is 14.0. The largest absolute Gasteiger partial charge is 0.482 e. The molecule has 0 radical (unpaired) electrons. The molecule has 0 spiro atoms. The van der Waals surface area contributed by atoms with Crippen molar-refractivity contribution in [1.29, 1.82) is 0 Å². The maximum atomic E-state index is 11.1. The zero-order chi connectivity index (χ0) is 13.4. The van der Waals surface area contributed by atoms with E-state index in [-0.39, 0.29) is 12.4 Å². The van der Waals surface area contributed by atoms with Gasteiger partial charge in [-0.3, -0.25) is 4.79 Å². The Balaban J connectivity index is 2.50. The maximum Gasteiger partial charge on any atom is 0.344 e. The Morgan fingerprint density at radius 3 is 2.44 bits per heavy atom. The Kier molecular flexibility index (Phi) is 5.64. The fraction of sp³-hybridized carbons (Fsp3) is 0.286. The van der Waals surface area contributed by atoms with E-state index in [0.717, 1.165) is 5.56 Å². The lowest BCUT2D eigenvalue weighted by Crippen LogP contribution is -2.14. The van der Waals surface area contributed by atoms with Crippen molar-refractivity contribution >= 4 is 17.8 Å². The quantitative estimate of drug-likeness (QED) is 0.572. The monoisotopic (exact) mass is 248 g/mol. The number of carbonyl (C=O) groups is 2. The zero-order valence-corrected chi connectivity index (χ0v) is 10.5. The summed E-state index contributed by atoms with van der Waals surface area (Å²) in [5.74, 6) is 0.193. The first-order chi connectivity index (χ1) is 8.61. The highest BCUT2D eigenvalue weighted by Gasteiger charge is 2.02. The molecule has 18 heavy (non-hydrogen) atoms. The molecule has 0 aliphatic rings. The van der Waals surface area contributed by atoms with E-state index in [0.29, 0.717) is 12.4 Å². The third kappa shape index (κ3) is 5.30. The number of benzene rings is 1. The van der Waals surface area contributed by atoms with E-state index in [4.69, 9.17) is 9.47 Å². The van der Waals surface area contributed by atoms with E-state index < -0.39 is 5.97 Å². The van der Waals surface area contributed by atoms with Gasteiger partial charge in [-0.2, -0.15) is 0 Å². The Labute approximate surface area is 106 Å². The standard InChI is InChI=1S/C14H16O4/c1-3-17-14(16)10-18-13-8-6-12(7-9-13)5-4-11(2)15/h4-9H,3,10H2,1-2H3. The molecule has 96 valence electrons. The Hall–Kier alpha value is -2.10. The summed E-state index contributed by atoms with van der Waals surface area (Å²) in [6.07, 6.45) is 3.21. The molecule has 0 amide bonds. The lowest BCUT2D eigenvalue weighted by molar-refractivity contribution is -0.145. The van der Waals surface area contributed by atoms with Crippen LogP contribution in [0.2, 0.25) is 0 Å². The fourth-order valence-corrected chi connectivity index (χ4v) is 1.23. The summed E-state index contributed by atoms with van der Waals surface area (Å²) < 4.78 is 9.98. The normalized spacial score (nSPS) is 10.3. The van der Waals surface area contributed by atoms with Crippen LogP contribution in [0.4, 0.5) is 0 Å². The SMILES string of the molecule is CCOC(=O)COc1ccc(C=CC(C)=O)cc1. The van der Waals surface area contributed by atoms with Crippen LogP contribution in [0.25, 0.3) is 6.08 Å². The number of allylic oxidation sites excluding steroid dienone is 1. The van der Waals surface area contributed by atoms with Crippen LogP contribution >= 0.6 is 0 Å². The second-order valence-electron chi connectivity index (χ2n) is 3.61. The molecule has 0 aromatic heterocycles. The molecule has 0 aliphatic heterocycles. The highest BCUT2D eigenvalue weighted by molar-refractivity contribution is 5.91. The van der Waals surface area contributed by atoms with Crippen molar-refractivity contribution in [2.45, 2.75) is 13.8 Å². The van der Waals surface area contributed by atoms with E-state index in [1.54, 1.807) is 37.3 Å². The van der Waals surface area contributed by atoms with Gasteiger partial charge in [0.1, 0.15) is 5.75 Å². The van der Waals surface area contributed by atoms with Crippen LogP contribution in [0.1, 0.15) is 19.4 Å². The molecule has 1 aromatic carbocycles. The van der Waals surface area contributed by atoms with E-state index in [2.05, 4.69) is 0 Å². The van der Waals surface area contributed by atoms with Gasteiger partial charge in [0.2, 0.25) is 0 Å². The van der Waals surface area contributed by atoms with Gasteiger partial charge in [-0.25, -0.2) is 4.79 Å². The molecular formula is C14H16O4. The molecule has 0 bridgehead atoms. The molecule has 1 rings (SSSR count). The zero-order valence-electron chi connectivity index (χ0n) is 10.5. The highest BCUT2D eigenvalue weighted by Crippen LogP contribution is 2.13. The van der Waals surface area contributed by atoms with Crippen molar-refractivity contribution in [3.8, 4) is 5.75 Å². The molecule has 4 nitrogen and oxygen atoms in total. The van der Waals surface area contributed by atoms with E-state index in [1.807, 2.05) is 0 Å². The van der Waals surface area contributed by atoms with Crippen LogP contribution in [0, 0.1) is 0 Å². The number of hydrogen-bond acceptors (Lipinski definition) is 4. The van der Waals surface area contributed by atoms with Crippen molar-refractivity contribution in [2.24, 2.45) is 0 Å². The van der Waals surface area contributed by atoms with Crippen molar-refractivity contribution in [3.05, 3.63) is 35.9 Å². The van der Waals surface area contributed by atoms with Crippen molar-refractivity contribution in [3.63, 3.8) is 0 Å². The minimum atomic E-state index is -0.391. The fourth-order valence-electron chi connectivity index (χ4n) is 1.23. The van der Waals surface area contributed by atoms with E-state index >= 15 is 0 Å². The molecule has 0 saturated heterocycles. The van der Waals surface area contributed by atoms with Gasteiger partial charge in [-0.15, -0.1) is 0 Å². The van der Waals surface area contributed by atoms with Crippen LogP contribution in [0.5, 0.6) is 5.75 Å². The molecule has 0 unspecified atom stereocenters. The molecule has 0 atom stereocenters. The summed E-state index contributed by atoms with van der Waals surface area (Å²) in [5, 5.41) is 0. The number of ketones is 1. The summed E-state index contributed by atoms with van der Waals surface area (Å²) in [6.45, 7) is 3.48. The molecular weight excluding hydrogens is 232 g/mol. The maximum absolute atomic E-state index is 11.1. The van der Waals surface area contributed by atoms with Gasteiger partial charge >= 0.3 is 5.97 Å². The van der Waals surface area contributed by atoms with E-state index in [9.17, 15) is 9.59 Å². The van der Waals surface area contributed by atoms with Crippen LogP contribution in [-0.4, -0.2) is 25.0 Å². The smallest absolute Gasteiger partial charge is 0.344 e. The summed E-state index contributed by atoms with van der Waals surface area (Å²) in [7, 11) is 0. The van der Waals surface area contributed by atoms with Gasteiger partial charge in [0.05, 0.1) is 6.61 Å². The number of esters is 1. The highest BCUT2D eigenvalue weighted by atomic mass is 16.6. The molecule has 4 heteroatoms. The van der Waals surface area contributed by atoms with Crippen molar-refractivity contribution in [1.82, 2.24) is 0 Å². The first-order valence-corrected chi connectivity index (χ1v) is 5.69. The van der Waals surface area contributed by atoms with Gasteiger partial charge in [-0.1, -0.05) is 18.2 Å². The molecule has 1 aromatic rings. The van der Waals surface area contributed by atoms with Crippen LogP contribution in [0.3, 0.4) is 0 Å². The van der Waals surface area contributed by atoms with Crippen LogP contribution in [-0.2, 0) is 14.3 Å². The number of ether oxygens (including phenoxy) is 2. The van der Waals surface area contributed by atoms with Crippen molar-refractivity contribution in [2.75, 3.05) is 13.2 Å². The summed E-state index contributed by atoms with van der Waals surface area (Å²) in [4.78, 5) is 21.8. The summed E-state index contributed by atoms with van der Waals surface area (Å²) >= 11 is 0. The summed E-state index contributed by atoms with van der Waals surface area (Å²) in [5.41, 5.74) is 0.897. The third-order valence-electron chi connectivity index (χ3n) is 2.05. The first-order valence-electron chi connectivity index (χ1n) is 5.69. The van der Waals surface area contributed by atoms with Gasteiger partial charge in [0.15, 0.2) is 12.4 Å². The molecule has 0 fully saturated rings. The average Bonchev–Trinajstić information content (AvgIpc) is 2.35. The van der Waals surface area contributed by atoms with Crippen LogP contribution < -0.4 is 4.74 Å². The lowest BCUT2D eigenvalue weighted by atomic mass is 10.2. The van der Waals surface area contributed by atoms with Crippen molar-refractivity contribution < 1.29 is 19.1 Å². The predicted molar refractivity (Wildman–Crippen MR) is 68.3 cm³/mol. The minimum Gasteiger partial charge on any atom is -0.482 e. The van der Waals surface area contributed by atoms with Gasteiger partial charge in [0.25, 0.3) is 0 Å². The Morgan fingerprint density at radius 1 is 1.22 bits per heavy atom. The van der Waals surface area contributed by atoms with Gasteiger partial charge < -0.3 is 9.47 Å². The average molecular weight is 248 g/mol. The number of carbonyl (C=O) groups excluding carboxylic acids is 2. The molecule has 0 saturated carbocycles. The number of rotatable bonds is 6. The number of hydrogen-bond donors (Lipinski definition) is 0. The Morgan fingerprint density at radius 2 is 1.89 bits per heavy atom. The predicted octanol–water partition coefficient (Wildman–Crippen LogP) is 2.23. The van der Waals surface area contributed by atoms with Gasteiger partial charge in [0, 0.05) is 0 Å². The second kappa shape index (κ2) is 7.27. The molecule has 0 heterocycles. The Bertz CT molecular complexity index is 432. The van der Waals surface area contributed by atoms with Gasteiger partial charge in [-0.05, 0) is 37.6 Å². The topological polar surface area (TPSA) is 52.6 Å². The molecule has 0 N–H and O–H groups in total. The second-order valence-corrected chi connectivity index (χ2v) is 3.61. The van der Waals surface area contributed by atoms with Crippen LogP contribution in [0.15, 0.2) is 30.3 Å². The third-order valence-corrected chi connectivity index (χ3v) is 2.05.